The standard InChI is InChI=1S/C26H29N5O4S/c32-26(27-24-23(19-5-6-19)25(29-28-24)30-13-15-35-16-14-30)20-7-9-22(10-8-20)36(33,34)31-12-11-18-3-1-2-4-21(18)17-31/h1-4,7-10,19H,5-6,11-17H2,(H2,27,28,29,32). The fourth-order valence-corrected chi connectivity index (χ4v) is 6.42. The van der Waals surface area contributed by atoms with Crippen molar-refractivity contribution in [1.82, 2.24) is 14.5 Å². The van der Waals surface area contributed by atoms with E-state index >= 15 is 0 Å². The van der Waals surface area contributed by atoms with Gasteiger partial charge in [-0.1, -0.05) is 24.3 Å². The number of carbonyl (C=O) groups excluding carboxylic acids is 1. The van der Waals surface area contributed by atoms with Gasteiger partial charge < -0.3 is 15.0 Å². The van der Waals surface area contributed by atoms with Gasteiger partial charge in [-0.3, -0.25) is 9.89 Å². The van der Waals surface area contributed by atoms with Crippen molar-refractivity contribution in [2.24, 2.45) is 0 Å². The van der Waals surface area contributed by atoms with Crippen LogP contribution in [0.25, 0.3) is 0 Å². The van der Waals surface area contributed by atoms with Crippen molar-refractivity contribution in [2.75, 3.05) is 43.1 Å². The van der Waals surface area contributed by atoms with E-state index < -0.39 is 10.0 Å². The Hall–Kier alpha value is -3.21. The number of benzene rings is 2. The maximum absolute atomic E-state index is 13.2. The second-order valence-corrected chi connectivity index (χ2v) is 11.5. The molecule has 1 saturated heterocycles. The molecule has 0 atom stereocenters. The SMILES string of the molecule is O=C(Nc1[nH]nc(N2CCOCC2)c1C1CC1)c1ccc(S(=O)(=O)N2CCc3ccccc3C2)cc1. The van der Waals surface area contributed by atoms with Gasteiger partial charge in [0.2, 0.25) is 10.0 Å². The third kappa shape index (κ3) is 4.40. The van der Waals surface area contributed by atoms with Crippen molar-refractivity contribution in [1.29, 1.82) is 0 Å². The Labute approximate surface area is 210 Å². The summed E-state index contributed by atoms with van der Waals surface area (Å²) in [5.41, 5.74) is 3.67. The quantitative estimate of drug-likeness (QED) is 0.531. The lowest BCUT2D eigenvalue weighted by Crippen LogP contribution is -2.37. The number of ether oxygens (including phenoxy) is 1. The number of nitrogens with one attached hydrogen (secondary N) is 2. The van der Waals surface area contributed by atoms with Crippen LogP contribution in [0.3, 0.4) is 0 Å². The molecule has 2 N–H and O–H groups in total. The van der Waals surface area contributed by atoms with Gasteiger partial charge in [-0.05, 0) is 60.6 Å². The highest BCUT2D eigenvalue weighted by molar-refractivity contribution is 7.89. The molecule has 1 aromatic heterocycles. The summed E-state index contributed by atoms with van der Waals surface area (Å²) < 4.78 is 33.5. The van der Waals surface area contributed by atoms with E-state index in [1.165, 1.54) is 22.0 Å². The molecule has 1 saturated carbocycles. The molecule has 10 heteroatoms. The average Bonchev–Trinajstić information content (AvgIpc) is 3.68. The summed E-state index contributed by atoms with van der Waals surface area (Å²) in [6.07, 6.45) is 2.84. The number of morpholine rings is 1. The van der Waals surface area contributed by atoms with Gasteiger partial charge in [-0.25, -0.2) is 8.42 Å². The monoisotopic (exact) mass is 507 g/mol. The number of hydrogen-bond acceptors (Lipinski definition) is 6. The first-order chi connectivity index (χ1) is 17.5. The van der Waals surface area contributed by atoms with Crippen molar-refractivity contribution in [3.8, 4) is 0 Å². The number of aromatic amines is 1. The fraction of sp³-hybridized carbons (Fsp3) is 0.385. The number of fused-ring (bicyclic) bond motifs is 1. The van der Waals surface area contributed by atoms with E-state index in [-0.39, 0.29) is 10.8 Å². The van der Waals surface area contributed by atoms with Gasteiger partial charge in [-0.2, -0.15) is 9.40 Å². The highest BCUT2D eigenvalue weighted by Gasteiger charge is 2.34. The Morgan fingerprint density at radius 1 is 1.00 bits per heavy atom. The lowest BCUT2D eigenvalue weighted by atomic mass is 10.0. The van der Waals surface area contributed by atoms with E-state index in [9.17, 15) is 13.2 Å². The number of nitrogens with zero attached hydrogens (tertiary/aromatic N) is 3. The first kappa shape index (κ1) is 23.2. The molecule has 3 aliphatic rings. The molecule has 9 nitrogen and oxygen atoms in total. The van der Waals surface area contributed by atoms with E-state index in [1.54, 1.807) is 12.1 Å². The highest BCUT2D eigenvalue weighted by Crippen LogP contribution is 2.47. The van der Waals surface area contributed by atoms with Crippen molar-refractivity contribution in [2.45, 2.75) is 36.6 Å². The minimum Gasteiger partial charge on any atom is -0.378 e. The lowest BCUT2D eigenvalue weighted by Gasteiger charge is -2.28. The minimum atomic E-state index is -3.66. The zero-order valence-electron chi connectivity index (χ0n) is 19.9. The molecule has 0 radical (unpaired) electrons. The van der Waals surface area contributed by atoms with Gasteiger partial charge in [-0.15, -0.1) is 0 Å². The molecule has 2 aliphatic heterocycles. The Bertz CT molecular complexity index is 1380. The number of amides is 1. The molecule has 6 rings (SSSR count). The number of rotatable bonds is 6. The largest absolute Gasteiger partial charge is 0.378 e. The molecule has 188 valence electrons. The van der Waals surface area contributed by atoms with E-state index in [4.69, 9.17) is 4.74 Å². The maximum Gasteiger partial charge on any atom is 0.256 e. The Kier molecular flexibility index (Phi) is 6.02. The van der Waals surface area contributed by atoms with Crippen LogP contribution in [-0.2, 0) is 27.7 Å². The van der Waals surface area contributed by atoms with Crippen LogP contribution in [0.2, 0.25) is 0 Å². The van der Waals surface area contributed by atoms with Crippen molar-refractivity contribution in [3.63, 3.8) is 0 Å². The third-order valence-corrected chi connectivity index (χ3v) is 9.03. The fourth-order valence-electron chi connectivity index (χ4n) is 5.00. The topological polar surface area (TPSA) is 108 Å². The van der Waals surface area contributed by atoms with Crippen LogP contribution < -0.4 is 10.2 Å². The molecule has 2 aromatic carbocycles. The summed E-state index contributed by atoms with van der Waals surface area (Å²) in [4.78, 5) is 15.4. The minimum absolute atomic E-state index is 0.188. The molecule has 36 heavy (non-hydrogen) atoms. The summed E-state index contributed by atoms with van der Waals surface area (Å²) in [6.45, 7) is 3.68. The zero-order chi connectivity index (χ0) is 24.7. The van der Waals surface area contributed by atoms with Crippen LogP contribution in [0.4, 0.5) is 11.6 Å². The van der Waals surface area contributed by atoms with E-state index in [1.807, 2.05) is 24.3 Å². The molecular formula is C26H29N5O4S. The van der Waals surface area contributed by atoms with E-state index in [0.717, 1.165) is 42.9 Å². The number of hydrogen-bond donors (Lipinski definition) is 2. The first-order valence-electron chi connectivity index (χ1n) is 12.4. The third-order valence-electron chi connectivity index (χ3n) is 7.17. The number of H-pyrrole nitrogens is 1. The number of anilines is 2. The lowest BCUT2D eigenvalue weighted by molar-refractivity contribution is 0.102. The summed E-state index contributed by atoms with van der Waals surface area (Å²) in [7, 11) is -3.66. The maximum atomic E-state index is 13.2. The predicted octanol–water partition coefficient (Wildman–Crippen LogP) is 3.12. The molecular weight excluding hydrogens is 478 g/mol. The van der Waals surface area contributed by atoms with Crippen LogP contribution in [0.15, 0.2) is 53.4 Å². The molecule has 2 fully saturated rings. The van der Waals surface area contributed by atoms with Crippen LogP contribution in [0.5, 0.6) is 0 Å². The van der Waals surface area contributed by atoms with Gasteiger partial charge in [0.25, 0.3) is 5.91 Å². The van der Waals surface area contributed by atoms with E-state index in [2.05, 4.69) is 20.4 Å². The van der Waals surface area contributed by atoms with Gasteiger partial charge in [0.05, 0.1) is 18.1 Å². The molecule has 3 heterocycles. The summed E-state index contributed by atoms with van der Waals surface area (Å²) >= 11 is 0. The van der Waals surface area contributed by atoms with Crippen LogP contribution in [0, 0.1) is 0 Å². The number of sulfonamides is 1. The zero-order valence-corrected chi connectivity index (χ0v) is 20.8. The molecule has 0 unspecified atom stereocenters. The van der Waals surface area contributed by atoms with E-state index in [0.29, 0.717) is 50.0 Å². The second kappa shape index (κ2) is 9.34. The van der Waals surface area contributed by atoms with Gasteiger partial charge in [0.1, 0.15) is 5.82 Å². The normalized spacial score (nSPS) is 18.6. The Morgan fingerprint density at radius 2 is 1.72 bits per heavy atom. The predicted molar refractivity (Wildman–Crippen MR) is 136 cm³/mol. The Balaban J connectivity index is 1.18. The molecule has 0 spiro atoms. The van der Waals surface area contributed by atoms with Gasteiger partial charge in [0.15, 0.2) is 5.82 Å². The number of carbonyl (C=O) groups is 1. The summed E-state index contributed by atoms with van der Waals surface area (Å²) in [5.74, 6) is 1.59. The average molecular weight is 508 g/mol. The van der Waals surface area contributed by atoms with Crippen LogP contribution in [0.1, 0.15) is 45.8 Å². The van der Waals surface area contributed by atoms with Gasteiger partial charge >= 0.3 is 0 Å². The molecule has 3 aromatic rings. The highest BCUT2D eigenvalue weighted by atomic mass is 32.2. The molecule has 0 bridgehead atoms. The van der Waals surface area contributed by atoms with Crippen molar-refractivity contribution < 1.29 is 17.9 Å². The van der Waals surface area contributed by atoms with Crippen molar-refractivity contribution >= 4 is 27.6 Å². The summed E-state index contributed by atoms with van der Waals surface area (Å²) in [6, 6.07) is 14.1. The molecule has 1 aliphatic carbocycles. The molecule has 1 amide bonds. The van der Waals surface area contributed by atoms with Crippen LogP contribution in [-0.4, -0.2) is 61.7 Å². The van der Waals surface area contributed by atoms with Crippen LogP contribution >= 0.6 is 0 Å². The number of aromatic nitrogens is 2. The summed E-state index contributed by atoms with van der Waals surface area (Å²) in [5, 5.41) is 10.5. The second-order valence-electron chi connectivity index (χ2n) is 9.55. The Morgan fingerprint density at radius 3 is 2.44 bits per heavy atom. The first-order valence-corrected chi connectivity index (χ1v) is 13.8. The van der Waals surface area contributed by atoms with Gasteiger partial charge in [0, 0.05) is 37.3 Å². The smallest absolute Gasteiger partial charge is 0.256 e. The van der Waals surface area contributed by atoms with Crippen molar-refractivity contribution in [3.05, 3.63) is 70.8 Å².